The number of unbranched alkanes of at least 4 members (excludes halogenated alkanes) is 23. The highest BCUT2D eigenvalue weighted by Crippen LogP contribution is 2.16. The molecule has 440 valence electrons. The molecule has 0 rings (SSSR count). The molecule has 0 aliphatic carbocycles. The molecule has 0 amide bonds. The Bertz CT molecular complexity index is 1630. The minimum atomic E-state index is -1.64. The molecular formula is C68H115NO8. The molecule has 9 nitrogen and oxygen atoms in total. The van der Waals surface area contributed by atoms with Crippen LogP contribution in [-0.4, -0.2) is 82.3 Å². The fourth-order valence-corrected chi connectivity index (χ4v) is 8.26. The maximum Gasteiger partial charge on any atom is 0.306 e. The Kier molecular flexibility index (Phi) is 55.1. The molecule has 0 N–H and O–H groups in total. The molecule has 0 bridgehead atoms. The van der Waals surface area contributed by atoms with Gasteiger partial charge in [0, 0.05) is 12.8 Å². The molecule has 0 radical (unpaired) electrons. The summed E-state index contributed by atoms with van der Waals surface area (Å²) >= 11 is 0. The molecule has 0 fully saturated rings. The lowest BCUT2D eigenvalue weighted by Crippen LogP contribution is -2.44. The molecule has 0 saturated carbocycles. The fraction of sp³-hybridized carbons (Fsp3) is 0.691. The molecule has 0 aromatic heterocycles. The molecule has 2 atom stereocenters. The predicted octanol–water partition coefficient (Wildman–Crippen LogP) is 17.3. The van der Waals surface area contributed by atoms with E-state index in [1.807, 2.05) is 21.1 Å². The Morgan fingerprint density at radius 1 is 0.403 bits per heavy atom. The van der Waals surface area contributed by atoms with Crippen molar-refractivity contribution in [2.45, 2.75) is 257 Å². The third-order valence-electron chi connectivity index (χ3n) is 13.0. The maximum atomic E-state index is 12.9. The van der Waals surface area contributed by atoms with E-state index >= 15 is 0 Å². The highest BCUT2D eigenvalue weighted by molar-refractivity contribution is 5.70. The largest absolute Gasteiger partial charge is 0.545 e. The van der Waals surface area contributed by atoms with Gasteiger partial charge in [-0.1, -0.05) is 245 Å². The minimum absolute atomic E-state index is 0.132. The monoisotopic (exact) mass is 1070 g/mol. The fourth-order valence-electron chi connectivity index (χ4n) is 8.26. The number of hydrogen-bond donors (Lipinski definition) is 0. The summed E-state index contributed by atoms with van der Waals surface area (Å²) in [7, 11) is 5.90. The highest BCUT2D eigenvalue weighted by atomic mass is 16.7. The number of aliphatic carboxylic acids is 1. The van der Waals surface area contributed by atoms with Crippen molar-refractivity contribution < 1.29 is 42.9 Å². The second kappa shape index (κ2) is 58.1. The number of allylic oxidation sites excluding steroid dienone is 18. The number of carbonyl (C=O) groups is 3. The van der Waals surface area contributed by atoms with Crippen molar-refractivity contribution in [1.29, 1.82) is 0 Å². The van der Waals surface area contributed by atoms with E-state index in [1.54, 1.807) is 0 Å². The average Bonchev–Trinajstić information content (AvgIpc) is 3.40. The zero-order valence-corrected chi connectivity index (χ0v) is 50.0. The number of likely N-dealkylation sites (N-methyl/N-ethyl adjacent to an activating group) is 1. The normalized spacial score (nSPS) is 13.5. The second-order valence-corrected chi connectivity index (χ2v) is 21.6. The number of hydrogen-bond acceptors (Lipinski definition) is 8. The lowest BCUT2D eigenvalue weighted by Gasteiger charge is -2.26. The van der Waals surface area contributed by atoms with Gasteiger partial charge in [-0.25, -0.2) is 0 Å². The highest BCUT2D eigenvalue weighted by Gasteiger charge is 2.22. The topological polar surface area (TPSA) is 111 Å². The first-order valence-electron chi connectivity index (χ1n) is 31.0. The number of quaternary nitrogens is 1. The standard InChI is InChI=1S/C68H115NO8/c1-6-8-10-12-14-16-18-20-22-24-26-28-30-31-32-33-34-35-37-38-40-42-44-46-48-50-52-54-56-58-65(70)75-62-64(63-76-68(67(72)73)74-61-60-69(3,4)5)77-66(71)59-57-55-53-51-49-47-45-43-41-39-36-29-27-25-23-21-19-17-15-13-11-9-7-2/h9,11,15,17-18,20-21,23-24,26-27,29,39,41,45,47,51,53,64,68H,6-8,10,12-14,16,19,22,25,28,30-38,40,42-44,46,48-50,52,54-63H2,1-5H3/b11-9-,17-15-,20-18-,23-21-,26-24-,29-27-,41-39-,47-45-,53-51-. The zero-order valence-electron chi connectivity index (χ0n) is 50.0. The number of ether oxygens (including phenoxy) is 4. The zero-order chi connectivity index (χ0) is 56.2. The van der Waals surface area contributed by atoms with Gasteiger partial charge in [-0.15, -0.1) is 0 Å². The van der Waals surface area contributed by atoms with E-state index in [-0.39, 0.29) is 38.6 Å². The first kappa shape index (κ1) is 73.0. The number of carbonyl (C=O) groups excluding carboxylic acids is 3. The first-order chi connectivity index (χ1) is 37.6. The van der Waals surface area contributed by atoms with Crippen LogP contribution in [0.25, 0.3) is 0 Å². The van der Waals surface area contributed by atoms with E-state index in [0.29, 0.717) is 23.9 Å². The van der Waals surface area contributed by atoms with Gasteiger partial charge in [0.2, 0.25) is 0 Å². The van der Waals surface area contributed by atoms with Crippen molar-refractivity contribution in [2.24, 2.45) is 0 Å². The Morgan fingerprint density at radius 2 is 0.753 bits per heavy atom. The Morgan fingerprint density at radius 3 is 1.14 bits per heavy atom. The summed E-state index contributed by atoms with van der Waals surface area (Å²) in [6.07, 6.45) is 77.3. The quantitative estimate of drug-likeness (QED) is 0.0195. The van der Waals surface area contributed by atoms with Crippen LogP contribution in [0.2, 0.25) is 0 Å². The summed E-state index contributed by atoms with van der Waals surface area (Å²) in [5.41, 5.74) is 0. The van der Waals surface area contributed by atoms with E-state index < -0.39 is 24.3 Å². The summed E-state index contributed by atoms with van der Waals surface area (Å²) < 4.78 is 22.7. The average molecular weight is 1070 g/mol. The number of carboxylic acid groups (broad SMARTS) is 1. The first-order valence-corrected chi connectivity index (χ1v) is 31.0. The van der Waals surface area contributed by atoms with Crippen molar-refractivity contribution in [1.82, 2.24) is 0 Å². The maximum absolute atomic E-state index is 12.9. The van der Waals surface area contributed by atoms with Gasteiger partial charge in [-0.05, 0) is 96.3 Å². The van der Waals surface area contributed by atoms with Gasteiger partial charge < -0.3 is 33.3 Å². The molecule has 77 heavy (non-hydrogen) atoms. The third kappa shape index (κ3) is 59.5. The molecule has 0 heterocycles. The van der Waals surface area contributed by atoms with Gasteiger partial charge in [-0.3, -0.25) is 9.59 Å². The molecule has 9 heteroatoms. The van der Waals surface area contributed by atoms with Crippen LogP contribution >= 0.6 is 0 Å². The van der Waals surface area contributed by atoms with Crippen molar-refractivity contribution >= 4 is 17.9 Å². The van der Waals surface area contributed by atoms with Crippen LogP contribution in [0, 0.1) is 0 Å². The van der Waals surface area contributed by atoms with Crippen LogP contribution in [0.15, 0.2) is 109 Å². The second-order valence-electron chi connectivity index (χ2n) is 21.6. The summed E-state index contributed by atoms with van der Waals surface area (Å²) in [4.78, 5) is 37.3. The van der Waals surface area contributed by atoms with Gasteiger partial charge in [0.1, 0.15) is 13.2 Å². The van der Waals surface area contributed by atoms with Gasteiger partial charge in [0.25, 0.3) is 0 Å². The van der Waals surface area contributed by atoms with E-state index in [4.69, 9.17) is 18.9 Å². The predicted molar refractivity (Wildman–Crippen MR) is 324 cm³/mol. The lowest BCUT2D eigenvalue weighted by molar-refractivity contribution is -0.870. The smallest absolute Gasteiger partial charge is 0.306 e. The van der Waals surface area contributed by atoms with E-state index in [9.17, 15) is 19.5 Å². The molecule has 0 spiro atoms. The van der Waals surface area contributed by atoms with Gasteiger partial charge in [0.15, 0.2) is 12.4 Å². The lowest BCUT2D eigenvalue weighted by atomic mass is 10.0. The summed E-state index contributed by atoms with van der Waals surface area (Å²) in [6.45, 7) is 4.56. The van der Waals surface area contributed by atoms with Crippen LogP contribution in [0.1, 0.15) is 245 Å². The van der Waals surface area contributed by atoms with Crippen molar-refractivity contribution in [3.63, 3.8) is 0 Å². The molecule has 0 saturated heterocycles. The summed E-state index contributed by atoms with van der Waals surface area (Å²) in [5, 5.41) is 11.8. The molecule has 0 aliphatic rings. The van der Waals surface area contributed by atoms with E-state index in [2.05, 4.69) is 123 Å². The Hall–Kier alpha value is -4.05. The van der Waals surface area contributed by atoms with Crippen LogP contribution in [0.3, 0.4) is 0 Å². The van der Waals surface area contributed by atoms with Gasteiger partial charge in [-0.2, -0.15) is 0 Å². The van der Waals surface area contributed by atoms with Crippen molar-refractivity contribution in [3.8, 4) is 0 Å². The number of rotatable bonds is 56. The summed E-state index contributed by atoms with van der Waals surface area (Å²) in [5.74, 6) is -2.37. The van der Waals surface area contributed by atoms with Crippen molar-refractivity contribution in [2.75, 3.05) is 47.5 Å². The molecule has 2 unspecified atom stereocenters. The molecule has 0 aromatic rings. The van der Waals surface area contributed by atoms with Crippen LogP contribution in [0.4, 0.5) is 0 Å². The van der Waals surface area contributed by atoms with Crippen molar-refractivity contribution in [3.05, 3.63) is 109 Å². The van der Waals surface area contributed by atoms with Gasteiger partial charge in [0.05, 0.1) is 40.3 Å². The summed E-state index contributed by atoms with van der Waals surface area (Å²) in [6, 6.07) is 0. The van der Waals surface area contributed by atoms with Crippen LogP contribution in [-0.2, 0) is 33.3 Å². The molecular weight excluding hydrogens is 959 g/mol. The van der Waals surface area contributed by atoms with E-state index in [0.717, 1.165) is 70.6 Å². The van der Waals surface area contributed by atoms with Crippen LogP contribution in [0.5, 0.6) is 0 Å². The minimum Gasteiger partial charge on any atom is -0.545 e. The number of nitrogens with zero attached hydrogens (tertiary/aromatic N) is 1. The number of carboxylic acids is 1. The SMILES string of the molecule is CC/C=C\C/C=C\C/C=C\C/C=C\C/C=C\C/C=C\C/C=C\CCCC(=O)OC(COC(=O)CCCCCCCCCCCCCCCCCCC/C=C\C/C=C\CCCCCCC)COC(OCC[N+](C)(C)C)C(=O)[O-]. The Labute approximate surface area is 473 Å². The molecule has 0 aliphatic heterocycles. The number of esters is 2. The van der Waals surface area contributed by atoms with E-state index in [1.165, 1.54) is 135 Å². The molecule has 0 aromatic carbocycles. The van der Waals surface area contributed by atoms with Crippen LogP contribution < -0.4 is 5.11 Å². The Balaban J connectivity index is 4.27. The van der Waals surface area contributed by atoms with Gasteiger partial charge >= 0.3 is 11.9 Å². The third-order valence-corrected chi connectivity index (χ3v) is 13.0.